The smallest absolute Gasteiger partial charge is 0.161 e. The van der Waals surface area contributed by atoms with Crippen LogP contribution in [0.3, 0.4) is 0 Å². The number of thiophene rings is 1. The molecular formula is C28H26N8S. The Kier molecular flexibility index (Phi) is 5.52. The molecule has 0 aliphatic carbocycles. The minimum atomic E-state index is 0.672. The Hall–Kier alpha value is -3.95. The lowest BCUT2D eigenvalue weighted by Gasteiger charge is -2.26. The van der Waals surface area contributed by atoms with Gasteiger partial charge in [-0.2, -0.15) is 5.10 Å². The van der Waals surface area contributed by atoms with E-state index in [4.69, 9.17) is 9.97 Å². The molecule has 0 saturated carbocycles. The summed E-state index contributed by atoms with van der Waals surface area (Å²) in [4.78, 5) is 27.2. The summed E-state index contributed by atoms with van der Waals surface area (Å²) in [5.41, 5.74) is 8.21. The van der Waals surface area contributed by atoms with Gasteiger partial charge in [0.25, 0.3) is 0 Å². The van der Waals surface area contributed by atoms with Crippen LogP contribution in [0.15, 0.2) is 55.1 Å². The molecule has 2 N–H and O–H groups in total. The quantitative estimate of drug-likeness (QED) is 0.298. The van der Waals surface area contributed by atoms with E-state index in [0.717, 1.165) is 63.4 Å². The van der Waals surface area contributed by atoms with Gasteiger partial charge in [0, 0.05) is 46.0 Å². The number of hydrogen-bond donors (Lipinski definition) is 2. The van der Waals surface area contributed by atoms with Crippen molar-refractivity contribution < 1.29 is 0 Å². The van der Waals surface area contributed by atoms with Gasteiger partial charge < -0.3 is 4.98 Å². The van der Waals surface area contributed by atoms with Gasteiger partial charge in [0.1, 0.15) is 11.0 Å². The van der Waals surface area contributed by atoms with E-state index in [1.54, 1.807) is 11.3 Å². The molecule has 8 nitrogen and oxygen atoms in total. The van der Waals surface area contributed by atoms with Crippen LogP contribution in [-0.2, 0) is 6.54 Å². The van der Waals surface area contributed by atoms with Crippen molar-refractivity contribution in [2.24, 2.45) is 0 Å². The SMILES string of the molecule is Cc1ccc(-c2cncc3[nH]c(-c4n[nH]c5ccc(-c6cncc(CN7CCCCC7)c6)nc45)nc23)s1. The first-order valence-corrected chi connectivity index (χ1v) is 13.5. The topological polar surface area (TPSA) is 99.3 Å². The largest absolute Gasteiger partial charge is 0.335 e. The standard InChI is InChI=1S/C28H26N8S/c1-17-5-8-24(37-17)20-14-30-15-23-25(20)33-28(32-23)27-26-22(34-35-27)7-6-21(31-26)19-11-18(12-29-13-19)16-36-9-3-2-4-10-36/h5-8,11-15H,2-4,9-10,16H2,1H3,(H,32,33)(H,34,35). The number of piperidine rings is 1. The number of aromatic nitrogens is 7. The van der Waals surface area contributed by atoms with E-state index >= 15 is 0 Å². The maximum absolute atomic E-state index is 5.00. The predicted octanol–water partition coefficient (Wildman–Crippen LogP) is 5.98. The van der Waals surface area contributed by atoms with E-state index < -0.39 is 0 Å². The monoisotopic (exact) mass is 506 g/mol. The number of nitrogens with one attached hydrogen (secondary N) is 2. The molecule has 37 heavy (non-hydrogen) atoms. The Morgan fingerprint density at radius 1 is 0.892 bits per heavy atom. The number of imidazole rings is 1. The van der Waals surface area contributed by atoms with E-state index in [-0.39, 0.29) is 0 Å². The maximum atomic E-state index is 5.00. The van der Waals surface area contributed by atoms with Gasteiger partial charge in [0.05, 0.1) is 22.9 Å². The van der Waals surface area contributed by atoms with Crippen molar-refractivity contribution in [3.8, 4) is 33.2 Å². The first-order valence-electron chi connectivity index (χ1n) is 12.6. The molecule has 184 valence electrons. The highest BCUT2D eigenvalue weighted by atomic mass is 32.1. The number of aryl methyl sites for hydroxylation is 1. The van der Waals surface area contributed by atoms with Crippen LogP contribution in [0, 0.1) is 6.92 Å². The van der Waals surface area contributed by atoms with Crippen molar-refractivity contribution >= 4 is 33.4 Å². The molecule has 6 aromatic heterocycles. The van der Waals surface area contributed by atoms with Crippen molar-refractivity contribution in [1.82, 2.24) is 40.0 Å². The Morgan fingerprint density at radius 2 is 1.78 bits per heavy atom. The fourth-order valence-electron chi connectivity index (χ4n) is 5.12. The molecule has 7 rings (SSSR count). The van der Waals surface area contributed by atoms with Crippen LogP contribution < -0.4 is 0 Å². The average molecular weight is 507 g/mol. The maximum Gasteiger partial charge on any atom is 0.161 e. The van der Waals surface area contributed by atoms with Crippen LogP contribution >= 0.6 is 11.3 Å². The fourth-order valence-corrected chi connectivity index (χ4v) is 6.00. The Bertz CT molecular complexity index is 1720. The van der Waals surface area contributed by atoms with Crippen molar-refractivity contribution in [3.63, 3.8) is 0 Å². The van der Waals surface area contributed by atoms with E-state index in [0.29, 0.717) is 11.5 Å². The van der Waals surface area contributed by atoms with Gasteiger partial charge >= 0.3 is 0 Å². The number of likely N-dealkylation sites (tertiary alicyclic amines) is 1. The van der Waals surface area contributed by atoms with Crippen LogP contribution in [0.2, 0.25) is 0 Å². The normalized spacial score (nSPS) is 14.6. The summed E-state index contributed by atoms with van der Waals surface area (Å²) in [6.07, 6.45) is 11.4. The third-order valence-electron chi connectivity index (χ3n) is 6.98. The number of fused-ring (bicyclic) bond motifs is 2. The Balaban J connectivity index is 1.26. The van der Waals surface area contributed by atoms with Crippen LogP contribution in [-0.4, -0.2) is 53.1 Å². The molecule has 6 aromatic rings. The minimum Gasteiger partial charge on any atom is -0.335 e. The minimum absolute atomic E-state index is 0.672. The van der Waals surface area contributed by atoms with Crippen LogP contribution in [0.5, 0.6) is 0 Å². The van der Waals surface area contributed by atoms with Crippen molar-refractivity contribution in [3.05, 3.63) is 65.6 Å². The van der Waals surface area contributed by atoms with Gasteiger partial charge in [-0.05, 0) is 68.8 Å². The summed E-state index contributed by atoms with van der Waals surface area (Å²) in [6.45, 7) is 5.36. The molecule has 0 atom stereocenters. The molecule has 1 aliphatic rings. The predicted molar refractivity (Wildman–Crippen MR) is 147 cm³/mol. The second-order valence-corrected chi connectivity index (χ2v) is 11.0. The number of H-pyrrole nitrogens is 2. The third-order valence-corrected chi connectivity index (χ3v) is 8.01. The number of hydrogen-bond acceptors (Lipinski definition) is 7. The average Bonchev–Trinajstić information content (AvgIpc) is 3.66. The van der Waals surface area contributed by atoms with Crippen LogP contribution in [0.25, 0.3) is 55.3 Å². The molecule has 1 aliphatic heterocycles. The first-order chi connectivity index (χ1) is 18.2. The number of aromatic amines is 2. The zero-order valence-corrected chi connectivity index (χ0v) is 21.3. The zero-order valence-electron chi connectivity index (χ0n) is 20.5. The van der Waals surface area contributed by atoms with Gasteiger partial charge in [-0.25, -0.2) is 9.97 Å². The molecule has 1 saturated heterocycles. The van der Waals surface area contributed by atoms with Gasteiger partial charge in [0.2, 0.25) is 0 Å². The first kappa shape index (κ1) is 22.3. The van der Waals surface area contributed by atoms with Crippen molar-refractivity contribution in [1.29, 1.82) is 0 Å². The molecule has 9 heteroatoms. The van der Waals surface area contributed by atoms with Gasteiger partial charge in [-0.1, -0.05) is 6.42 Å². The highest BCUT2D eigenvalue weighted by Gasteiger charge is 2.18. The number of pyridine rings is 3. The summed E-state index contributed by atoms with van der Waals surface area (Å²) < 4.78 is 0. The molecule has 0 aromatic carbocycles. The van der Waals surface area contributed by atoms with E-state index in [1.807, 2.05) is 36.9 Å². The summed E-state index contributed by atoms with van der Waals surface area (Å²) in [6, 6.07) is 10.5. The molecule has 0 amide bonds. The second-order valence-electron chi connectivity index (χ2n) is 9.66. The summed E-state index contributed by atoms with van der Waals surface area (Å²) in [5, 5.41) is 7.69. The van der Waals surface area contributed by atoms with Crippen molar-refractivity contribution in [2.75, 3.05) is 13.1 Å². The Morgan fingerprint density at radius 3 is 2.65 bits per heavy atom. The lowest BCUT2D eigenvalue weighted by atomic mass is 10.1. The third kappa shape index (κ3) is 4.20. The van der Waals surface area contributed by atoms with Gasteiger partial charge in [0.15, 0.2) is 11.5 Å². The number of nitrogens with zero attached hydrogens (tertiary/aromatic N) is 6. The highest BCUT2D eigenvalue weighted by molar-refractivity contribution is 7.15. The molecule has 0 spiro atoms. The van der Waals surface area contributed by atoms with E-state index in [2.05, 4.69) is 55.2 Å². The molecule has 7 heterocycles. The molecule has 0 unspecified atom stereocenters. The molecular weight excluding hydrogens is 480 g/mol. The summed E-state index contributed by atoms with van der Waals surface area (Å²) >= 11 is 1.74. The zero-order chi connectivity index (χ0) is 24.8. The lowest BCUT2D eigenvalue weighted by Crippen LogP contribution is -2.29. The van der Waals surface area contributed by atoms with Gasteiger partial charge in [-0.15, -0.1) is 11.3 Å². The number of rotatable bonds is 5. The van der Waals surface area contributed by atoms with Crippen molar-refractivity contribution in [2.45, 2.75) is 32.7 Å². The van der Waals surface area contributed by atoms with Gasteiger partial charge in [-0.3, -0.25) is 20.0 Å². The molecule has 1 fully saturated rings. The van der Waals surface area contributed by atoms with Crippen LogP contribution in [0.1, 0.15) is 29.7 Å². The summed E-state index contributed by atoms with van der Waals surface area (Å²) in [7, 11) is 0. The fraction of sp³-hybridized carbons (Fsp3) is 0.250. The molecule has 0 radical (unpaired) electrons. The highest BCUT2D eigenvalue weighted by Crippen LogP contribution is 2.34. The van der Waals surface area contributed by atoms with E-state index in [9.17, 15) is 0 Å². The Labute approximate surface area is 217 Å². The van der Waals surface area contributed by atoms with E-state index in [1.165, 1.54) is 29.7 Å². The lowest BCUT2D eigenvalue weighted by molar-refractivity contribution is 0.220. The molecule has 0 bridgehead atoms. The summed E-state index contributed by atoms with van der Waals surface area (Å²) in [5.74, 6) is 0.672. The van der Waals surface area contributed by atoms with Crippen LogP contribution in [0.4, 0.5) is 0 Å². The second kappa shape index (κ2) is 9.17.